The minimum Gasteiger partial charge on any atom is -0.508 e. The molecule has 0 saturated carbocycles. The molecule has 0 radical (unpaired) electrons. The van der Waals surface area contributed by atoms with E-state index in [1.54, 1.807) is 25.3 Å². The van der Waals surface area contributed by atoms with Gasteiger partial charge in [0, 0.05) is 17.2 Å². The Morgan fingerprint density at radius 1 is 1.38 bits per heavy atom. The van der Waals surface area contributed by atoms with Crippen molar-refractivity contribution >= 4 is 5.91 Å². The monoisotopic (exact) mass is 331 g/mol. The highest BCUT2D eigenvalue weighted by Crippen LogP contribution is 2.28. The Hall–Kier alpha value is -2.50. The Balaban J connectivity index is 2.06. The molecule has 0 spiro atoms. The summed E-state index contributed by atoms with van der Waals surface area (Å²) < 4.78 is 5.17. The highest BCUT2D eigenvalue weighted by molar-refractivity contribution is 5.79. The van der Waals surface area contributed by atoms with Crippen LogP contribution in [-0.4, -0.2) is 28.3 Å². The van der Waals surface area contributed by atoms with E-state index >= 15 is 0 Å². The summed E-state index contributed by atoms with van der Waals surface area (Å²) in [6.45, 7) is 7.62. The number of hydrogen-bond acceptors (Lipinski definition) is 4. The van der Waals surface area contributed by atoms with Crippen molar-refractivity contribution in [2.24, 2.45) is 5.92 Å². The molecule has 6 heteroatoms. The van der Waals surface area contributed by atoms with Crippen molar-refractivity contribution in [2.45, 2.75) is 40.2 Å². The number of phenolic OH excluding ortho intramolecular Hbond substituents is 1. The standard InChI is InChI=1S/C18H25N3O3/c1-10(8-15-12(3)20-21-13(15)4)18(23)19-11(2)16-9-14(24-5)6-7-17(16)22/h6-7,9-11,22H,8H2,1-5H3,(H,19,23)(H,20,21)/t10-,11-/m1/s1. The molecule has 130 valence electrons. The largest absolute Gasteiger partial charge is 0.508 e. The molecule has 0 unspecified atom stereocenters. The number of benzene rings is 1. The number of ether oxygens (including phenoxy) is 1. The number of carbonyl (C=O) groups is 1. The first-order chi connectivity index (χ1) is 11.3. The number of H-pyrrole nitrogens is 1. The minimum absolute atomic E-state index is 0.0651. The molecule has 24 heavy (non-hydrogen) atoms. The molecule has 1 heterocycles. The first kappa shape index (κ1) is 17.8. The van der Waals surface area contributed by atoms with Gasteiger partial charge in [0.1, 0.15) is 11.5 Å². The highest BCUT2D eigenvalue weighted by atomic mass is 16.5. The summed E-state index contributed by atoms with van der Waals surface area (Å²) >= 11 is 0. The maximum Gasteiger partial charge on any atom is 0.223 e. The summed E-state index contributed by atoms with van der Waals surface area (Å²) in [6.07, 6.45) is 0.622. The molecule has 0 aliphatic rings. The third-order valence-corrected chi connectivity index (χ3v) is 4.30. The second kappa shape index (κ2) is 7.38. The molecule has 2 rings (SSSR count). The van der Waals surface area contributed by atoms with Gasteiger partial charge in [-0.1, -0.05) is 6.92 Å². The van der Waals surface area contributed by atoms with Gasteiger partial charge in [0.05, 0.1) is 18.8 Å². The fraction of sp³-hybridized carbons (Fsp3) is 0.444. The van der Waals surface area contributed by atoms with Crippen LogP contribution in [0.4, 0.5) is 0 Å². The predicted molar refractivity (Wildman–Crippen MR) is 92.1 cm³/mol. The molecule has 0 aliphatic carbocycles. The number of methoxy groups -OCH3 is 1. The minimum atomic E-state index is -0.318. The van der Waals surface area contributed by atoms with Crippen LogP contribution in [0.2, 0.25) is 0 Å². The fourth-order valence-electron chi connectivity index (χ4n) is 2.71. The van der Waals surface area contributed by atoms with Crippen LogP contribution < -0.4 is 10.1 Å². The lowest BCUT2D eigenvalue weighted by Gasteiger charge is -2.19. The van der Waals surface area contributed by atoms with Gasteiger partial charge in [-0.15, -0.1) is 0 Å². The summed E-state index contributed by atoms with van der Waals surface area (Å²) in [5, 5.41) is 20.1. The van der Waals surface area contributed by atoms with Gasteiger partial charge in [-0.05, 0) is 51.0 Å². The average molecular weight is 331 g/mol. The third kappa shape index (κ3) is 3.88. The summed E-state index contributed by atoms with van der Waals surface area (Å²) in [6, 6.07) is 4.66. The molecule has 0 saturated heterocycles. The van der Waals surface area contributed by atoms with E-state index in [0.717, 1.165) is 17.0 Å². The summed E-state index contributed by atoms with van der Waals surface area (Å²) in [5.41, 5.74) is 3.62. The molecule has 0 aliphatic heterocycles. The van der Waals surface area contributed by atoms with Crippen LogP contribution in [0.15, 0.2) is 18.2 Å². The van der Waals surface area contributed by atoms with E-state index in [9.17, 15) is 9.90 Å². The molecular weight excluding hydrogens is 306 g/mol. The predicted octanol–water partition coefficient (Wildman–Crippen LogP) is 2.80. The normalized spacial score (nSPS) is 13.4. The first-order valence-corrected chi connectivity index (χ1v) is 8.01. The lowest BCUT2D eigenvalue weighted by atomic mass is 9.98. The van der Waals surface area contributed by atoms with Gasteiger partial charge in [0.2, 0.25) is 5.91 Å². The van der Waals surface area contributed by atoms with Crippen LogP contribution in [0.5, 0.6) is 11.5 Å². The van der Waals surface area contributed by atoms with Crippen molar-refractivity contribution in [2.75, 3.05) is 7.11 Å². The fourth-order valence-corrected chi connectivity index (χ4v) is 2.71. The first-order valence-electron chi connectivity index (χ1n) is 8.01. The molecule has 1 aromatic heterocycles. The quantitative estimate of drug-likeness (QED) is 0.759. The molecule has 1 aromatic carbocycles. The zero-order valence-electron chi connectivity index (χ0n) is 14.8. The van der Waals surface area contributed by atoms with E-state index in [1.807, 2.05) is 27.7 Å². The number of aryl methyl sites for hydroxylation is 2. The molecule has 3 N–H and O–H groups in total. The lowest BCUT2D eigenvalue weighted by molar-refractivity contribution is -0.125. The number of nitrogens with zero attached hydrogens (tertiary/aromatic N) is 1. The number of aromatic nitrogens is 2. The number of rotatable bonds is 6. The zero-order valence-corrected chi connectivity index (χ0v) is 14.8. The summed E-state index contributed by atoms with van der Waals surface area (Å²) in [5.74, 6) is 0.513. The van der Waals surface area contributed by atoms with Crippen molar-refractivity contribution in [3.05, 3.63) is 40.7 Å². The van der Waals surface area contributed by atoms with Crippen molar-refractivity contribution in [3.63, 3.8) is 0 Å². The van der Waals surface area contributed by atoms with Gasteiger partial charge in [0.15, 0.2) is 0 Å². The van der Waals surface area contributed by atoms with Gasteiger partial charge in [0.25, 0.3) is 0 Å². The molecular formula is C18H25N3O3. The van der Waals surface area contributed by atoms with Crippen LogP contribution >= 0.6 is 0 Å². The number of nitrogens with one attached hydrogen (secondary N) is 2. The van der Waals surface area contributed by atoms with Crippen molar-refractivity contribution in [3.8, 4) is 11.5 Å². The van der Waals surface area contributed by atoms with E-state index < -0.39 is 0 Å². The molecule has 2 atom stereocenters. The second-order valence-electron chi connectivity index (χ2n) is 6.17. The third-order valence-electron chi connectivity index (χ3n) is 4.30. The van der Waals surface area contributed by atoms with E-state index in [0.29, 0.717) is 17.7 Å². The van der Waals surface area contributed by atoms with Gasteiger partial charge in [-0.3, -0.25) is 9.89 Å². The second-order valence-corrected chi connectivity index (χ2v) is 6.17. The van der Waals surface area contributed by atoms with Crippen LogP contribution in [0.25, 0.3) is 0 Å². The Bertz CT molecular complexity index is 705. The average Bonchev–Trinajstić information content (AvgIpc) is 2.87. The van der Waals surface area contributed by atoms with Gasteiger partial charge in [-0.25, -0.2) is 0 Å². The topological polar surface area (TPSA) is 87.2 Å². The Labute approximate surface area is 142 Å². The number of phenols is 1. The van der Waals surface area contributed by atoms with Crippen molar-refractivity contribution < 1.29 is 14.6 Å². The van der Waals surface area contributed by atoms with Gasteiger partial charge >= 0.3 is 0 Å². The zero-order chi connectivity index (χ0) is 17.9. The number of aromatic hydroxyl groups is 1. The molecule has 0 bridgehead atoms. The Kier molecular flexibility index (Phi) is 5.49. The number of amides is 1. The summed E-state index contributed by atoms with van der Waals surface area (Å²) in [7, 11) is 1.57. The molecule has 1 amide bonds. The lowest BCUT2D eigenvalue weighted by Crippen LogP contribution is -2.32. The van der Waals surface area contributed by atoms with Crippen molar-refractivity contribution in [1.82, 2.24) is 15.5 Å². The van der Waals surface area contributed by atoms with E-state index in [-0.39, 0.29) is 23.6 Å². The van der Waals surface area contributed by atoms with E-state index in [1.165, 1.54) is 0 Å². The maximum absolute atomic E-state index is 12.5. The maximum atomic E-state index is 12.5. The van der Waals surface area contributed by atoms with Gasteiger partial charge in [-0.2, -0.15) is 5.10 Å². The Morgan fingerprint density at radius 2 is 2.08 bits per heavy atom. The van der Waals surface area contributed by atoms with E-state index in [4.69, 9.17) is 4.74 Å². The molecule has 0 fully saturated rings. The van der Waals surface area contributed by atoms with Gasteiger partial charge < -0.3 is 15.2 Å². The van der Waals surface area contributed by atoms with Crippen LogP contribution in [0, 0.1) is 19.8 Å². The van der Waals surface area contributed by atoms with Crippen LogP contribution in [-0.2, 0) is 11.2 Å². The Morgan fingerprint density at radius 3 is 2.67 bits per heavy atom. The van der Waals surface area contributed by atoms with E-state index in [2.05, 4.69) is 15.5 Å². The molecule has 2 aromatic rings. The smallest absolute Gasteiger partial charge is 0.223 e. The van der Waals surface area contributed by atoms with Crippen LogP contribution in [0.3, 0.4) is 0 Å². The summed E-state index contributed by atoms with van der Waals surface area (Å²) in [4.78, 5) is 12.5. The molecule has 6 nitrogen and oxygen atoms in total. The highest BCUT2D eigenvalue weighted by Gasteiger charge is 2.20. The SMILES string of the molecule is COc1ccc(O)c([C@@H](C)NC(=O)[C@H](C)Cc2c(C)n[nH]c2C)c1. The van der Waals surface area contributed by atoms with Crippen LogP contribution in [0.1, 0.15) is 42.4 Å². The number of aromatic amines is 1. The number of carbonyl (C=O) groups excluding carboxylic acids is 1. The number of hydrogen-bond donors (Lipinski definition) is 3. The van der Waals surface area contributed by atoms with Crippen molar-refractivity contribution in [1.29, 1.82) is 0 Å².